The van der Waals surface area contributed by atoms with Gasteiger partial charge in [-0.25, -0.2) is 0 Å². The smallest absolute Gasteiger partial charge is 0.214 e. The lowest BCUT2D eigenvalue weighted by molar-refractivity contribution is -0.481. The third-order valence-electron chi connectivity index (χ3n) is 4.23. The lowest BCUT2D eigenvalue weighted by atomic mass is 9.89. The van der Waals surface area contributed by atoms with E-state index in [1.807, 2.05) is 31.2 Å². The minimum absolute atomic E-state index is 0.0109. The molecule has 0 aliphatic carbocycles. The van der Waals surface area contributed by atoms with Crippen molar-refractivity contribution in [3.8, 4) is 11.5 Å². The SMILES string of the molecule is COc1cc([C@@H](C[N+](=O)[O-])c2c(C)[nH]c3ccccc23)ccc1O. The highest BCUT2D eigenvalue weighted by atomic mass is 16.6. The van der Waals surface area contributed by atoms with E-state index in [1.165, 1.54) is 13.2 Å². The summed E-state index contributed by atoms with van der Waals surface area (Å²) in [5.74, 6) is -0.124. The lowest BCUT2D eigenvalue weighted by Gasteiger charge is -2.16. The van der Waals surface area contributed by atoms with Crippen LogP contribution in [0.2, 0.25) is 0 Å². The lowest BCUT2D eigenvalue weighted by Crippen LogP contribution is -2.14. The molecule has 0 saturated carbocycles. The van der Waals surface area contributed by atoms with E-state index < -0.39 is 5.92 Å². The van der Waals surface area contributed by atoms with Crippen molar-refractivity contribution in [2.24, 2.45) is 0 Å². The molecule has 1 aromatic heterocycles. The van der Waals surface area contributed by atoms with Gasteiger partial charge in [0.25, 0.3) is 0 Å². The predicted molar refractivity (Wildman–Crippen MR) is 91.4 cm³/mol. The average Bonchev–Trinajstić information content (AvgIpc) is 2.89. The van der Waals surface area contributed by atoms with Crippen LogP contribution in [0.4, 0.5) is 0 Å². The first kappa shape index (κ1) is 15.9. The van der Waals surface area contributed by atoms with E-state index >= 15 is 0 Å². The summed E-state index contributed by atoms with van der Waals surface area (Å²) in [5, 5.41) is 22.0. The van der Waals surface area contributed by atoms with Crippen LogP contribution in [0, 0.1) is 17.0 Å². The summed E-state index contributed by atoms with van der Waals surface area (Å²) in [6.45, 7) is 1.68. The molecule has 6 nitrogen and oxygen atoms in total. The summed E-state index contributed by atoms with van der Waals surface area (Å²) >= 11 is 0. The third kappa shape index (κ3) is 2.78. The van der Waals surface area contributed by atoms with Crippen LogP contribution in [-0.2, 0) is 0 Å². The van der Waals surface area contributed by atoms with Gasteiger partial charge >= 0.3 is 0 Å². The number of methoxy groups -OCH3 is 1. The molecule has 0 bridgehead atoms. The number of hydrogen-bond donors (Lipinski definition) is 2. The number of ether oxygens (including phenoxy) is 1. The van der Waals surface area contributed by atoms with Gasteiger partial charge < -0.3 is 14.8 Å². The van der Waals surface area contributed by atoms with Crippen LogP contribution in [0.3, 0.4) is 0 Å². The zero-order valence-electron chi connectivity index (χ0n) is 13.4. The number of phenols is 1. The number of benzene rings is 2. The molecule has 1 heterocycles. The molecular weight excluding hydrogens is 308 g/mol. The van der Waals surface area contributed by atoms with Crippen molar-refractivity contribution >= 4 is 10.9 Å². The largest absolute Gasteiger partial charge is 0.504 e. The fourth-order valence-corrected chi connectivity index (χ4v) is 3.17. The molecule has 3 rings (SSSR count). The number of aromatic hydroxyl groups is 1. The Morgan fingerprint density at radius 2 is 2.04 bits per heavy atom. The Morgan fingerprint density at radius 1 is 1.29 bits per heavy atom. The number of nitrogens with one attached hydrogen (secondary N) is 1. The van der Waals surface area contributed by atoms with Crippen LogP contribution in [0.25, 0.3) is 10.9 Å². The highest BCUT2D eigenvalue weighted by Gasteiger charge is 2.26. The van der Waals surface area contributed by atoms with Crippen molar-refractivity contribution < 1.29 is 14.8 Å². The second kappa shape index (κ2) is 6.23. The number of nitro groups is 1. The maximum absolute atomic E-state index is 11.3. The van der Waals surface area contributed by atoms with Crippen LogP contribution in [-0.4, -0.2) is 28.7 Å². The monoisotopic (exact) mass is 326 g/mol. The first-order valence-electron chi connectivity index (χ1n) is 7.57. The summed E-state index contributed by atoms with van der Waals surface area (Å²) in [5.41, 5.74) is 3.48. The molecule has 0 radical (unpaired) electrons. The molecule has 2 aromatic carbocycles. The van der Waals surface area contributed by atoms with Crippen LogP contribution in [0.15, 0.2) is 42.5 Å². The molecular formula is C18H18N2O4. The molecule has 0 amide bonds. The number of para-hydroxylation sites is 1. The van der Waals surface area contributed by atoms with Gasteiger partial charge in [-0.05, 0) is 36.2 Å². The van der Waals surface area contributed by atoms with Gasteiger partial charge in [0.15, 0.2) is 11.5 Å². The van der Waals surface area contributed by atoms with E-state index in [1.54, 1.807) is 12.1 Å². The van der Waals surface area contributed by atoms with Crippen LogP contribution >= 0.6 is 0 Å². The van der Waals surface area contributed by atoms with Crippen molar-refractivity contribution in [2.75, 3.05) is 13.7 Å². The van der Waals surface area contributed by atoms with Crippen molar-refractivity contribution in [3.05, 3.63) is 69.4 Å². The van der Waals surface area contributed by atoms with Gasteiger partial charge in [-0.3, -0.25) is 10.1 Å². The highest BCUT2D eigenvalue weighted by Crippen LogP contribution is 2.37. The normalized spacial score (nSPS) is 12.2. The number of phenolic OH excluding ortho intramolecular Hbond substituents is 1. The van der Waals surface area contributed by atoms with Gasteiger partial charge in [0, 0.05) is 21.5 Å². The zero-order chi connectivity index (χ0) is 17.3. The fourth-order valence-electron chi connectivity index (χ4n) is 3.17. The molecule has 0 aliphatic heterocycles. The molecule has 3 aromatic rings. The number of aromatic amines is 1. The van der Waals surface area contributed by atoms with Gasteiger partial charge in [0.1, 0.15) is 0 Å². The molecule has 0 saturated heterocycles. The Labute approximate surface area is 138 Å². The summed E-state index contributed by atoms with van der Waals surface area (Å²) in [6.07, 6.45) is 0. The molecule has 6 heteroatoms. The van der Waals surface area contributed by atoms with Gasteiger partial charge in [-0.15, -0.1) is 0 Å². The van der Waals surface area contributed by atoms with E-state index in [-0.39, 0.29) is 17.2 Å². The van der Waals surface area contributed by atoms with Gasteiger partial charge in [-0.2, -0.15) is 0 Å². The number of fused-ring (bicyclic) bond motifs is 1. The quantitative estimate of drug-likeness (QED) is 0.554. The Morgan fingerprint density at radius 3 is 2.75 bits per heavy atom. The molecule has 124 valence electrons. The fraction of sp³-hybridized carbons (Fsp3) is 0.222. The predicted octanol–water partition coefficient (Wildman–Crippen LogP) is 3.60. The van der Waals surface area contributed by atoms with Gasteiger partial charge in [-0.1, -0.05) is 24.3 Å². The molecule has 24 heavy (non-hydrogen) atoms. The number of rotatable bonds is 5. The standard InChI is InChI=1S/C18H18N2O4/c1-11-18(13-5-3-4-6-15(13)19-11)14(10-20(22)23)12-7-8-16(21)17(9-12)24-2/h3-9,14,19,21H,10H2,1-2H3/t14-/m1/s1. The second-order valence-corrected chi connectivity index (χ2v) is 5.71. The molecule has 0 aliphatic rings. The first-order valence-corrected chi connectivity index (χ1v) is 7.57. The molecule has 0 spiro atoms. The summed E-state index contributed by atoms with van der Waals surface area (Å²) < 4.78 is 5.15. The van der Waals surface area contributed by atoms with Crippen LogP contribution < -0.4 is 4.74 Å². The number of aryl methyl sites for hydroxylation is 1. The average molecular weight is 326 g/mol. The van der Waals surface area contributed by atoms with E-state index in [2.05, 4.69) is 4.98 Å². The van der Waals surface area contributed by atoms with Crippen molar-refractivity contribution in [1.82, 2.24) is 4.98 Å². The Kier molecular flexibility index (Phi) is 4.12. The molecule has 0 unspecified atom stereocenters. The first-order chi connectivity index (χ1) is 11.5. The molecule has 1 atom stereocenters. The summed E-state index contributed by atoms with van der Waals surface area (Å²) in [4.78, 5) is 14.2. The Balaban J connectivity index is 2.19. The Hall–Kier alpha value is -3.02. The Bertz CT molecular complexity index is 901. The number of aromatic nitrogens is 1. The van der Waals surface area contributed by atoms with Gasteiger partial charge in [0.05, 0.1) is 13.0 Å². The van der Waals surface area contributed by atoms with E-state index in [9.17, 15) is 15.2 Å². The maximum atomic E-state index is 11.3. The maximum Gasteiger partial charge on any atom is 0.214 e. The van der Waals surface area contributed by atoms with E-state index in [0.29, 0.717) is 5.75 Å². The van der Waals surface area contributed by atoms with Crippen LogP contribution in [0.1, 0.15) is 22.7 Å². The highest BCUT2D eigenvalue weighted by molar-refractivity contribution is 5.85. The zero-order valence-corrected chi connectivity index (χ0v) is 13.4. The minimum Gasteiger partial charge on any atom is -0.504 e. The number of H-pyrrole nitrogens is 1. The third-order valence-corrected chi connectivity index (χ3v) is 4.23. The summed E-state index contributed by atoms with van der Waals surface area (Å²) in [6, 6.07) is 12.6. The van der Waals surface area contributed by atoms with Crippen molar-refractivity contribution in [1.29, 1.82) is 0 Å². The molecule has 2 N–H and O–H groups in total. The number of nitrogens with zero attached hydrogens (tertiary/aromatic N) is 1. The van der Waals surface area contributed by atoms with Crippen LogP contribution in [0.5, 0.6) is 11.5 Å². The molecule has 0 fully saturated rings. The van der Waals surface area contributed by atoms with E-state index in [4.69, 9.17) is 4.74 Å². The minimum atomic E-state index is -0.439. The second-order valence-electron chi connectivity index (χ2n) is 5.71. The topological polar surface area (TPSA) is 88.4 Å². The van der Waals surface area contributed by atoms with Gasteiger partial charge in [0.2, 0.25) is 6.54 Å². The van der Waals surface area contributed by atoms with E-state index in [0.717, 1.165) is 27.7 Å². The van der Waals surface area contributed by atoms with Crippen molar-refractivity contribution in [3.63, 3.8) is 0 Å². The number of hydrogen-bond acceptors (Lipinski definition) is 4. The van der Waals surface area contributed by atoms with Crippen molar-refractivity contribution in [2.45, 2.75) is 12.8 Å². The summed E-state index contributed by atoms with van der Waals surface area (Å²) in [7, 11) is 1.46.